The van der Waals surface area contributed by atoms with Crippen molar-refractivity contribution in [2.75, 3.05) is 26.2 Å². The van der Waals surface area contributed by atoms with Gasteiger partial charge in [0.25, 0.3) is 5.69 Å². The van der Waals surface area contributed by atoms with Gasteiger partial charge in [-0.1, -0.05) is 24.3 Å². The maximum atomic E-state index is 12.7. The van der Waals surface area contributed by atoms with Gasteiger partial charge < -0.3 is 4.90 Å². The van der Waals surface area contributed by atoms with Crippen molar-refractivity contribution in [3.63, 3.8) is 0 Å². The quantitative estimate of drug-likeness (QED) is 0.561. The lowest BCUT2D eigenvalue weighted by atomic mass is 10.1. The predicted octanol–water partition coefficient (Wildman–Crippen LogP) is 1.98. The summed E-state index contributed by atoms with van der Waals surface area (Å²) in [4.78, 5) is 24.4. The van der Waals surface area contributed by atoms with Crippen molar-refractivity contribution >= 4 is 21.6 Å². The number of rotatable bonds is 5. The van der Waals surface area contributed by atoms with Crippen LogP contribution in [-0.4, -0.2) is 54.6 Å². The first-order chi connectivity index (χ1) is 13.3. The number of sulfonamides is 1. The average molecular weight is 403 g/mol. The number of piperazine rings is 1. The lowest BCUT2D eigenvalue weighted by Gasteiger charge is -2.34. The summed E-state index contributed by atoms with van der Waals surface area (Å²) < 4.78 is 26.8. The topological polar surface area (TPSA) is 101 Å². The third-order valence-electron chi connectivity index (χ3n) is 4.88. The van der Waals surface area contributed by atoms with Gasteiger partial charge in [-0.05, 0) is 30.2 Å². The molecule has 0 aliphatic carbocycles. The number of nitro groups is 1. The van der Waals surface area contributed by atoms with E-state index in [-0.39, 0.29) is 29.6 Å². The first kappa shape index (κ1) is 20.0. The van der Waals surface area contributed by atoms with E-state index in [4.69, 9.17) is 0 Å². The Labute approximate surface area is 163 Å². The molecule has 0 bridgehead atoms. The molecule has 2 aromatic rings. The van der Waals surface area contributed by atoms with E-state index in [0.29, 0.717) is 19.5 Å². The molecule has 1 saturated heterocycles. The molecule has 0 saturated carbocycles. The fraction of sp³-hybridized carbons (Fsp3) is 0.316. The highest BCUT2D eigenvalue weighted by molar-refractivity contribution is 7.89. The summed E-state index contributed by atoms with van der Waals surface area (Å²) in [6.45, 7) is 2.98. The lowest BCUT2D eigenvalue weighted by Crippen LogP contribution is -2.50. The molecule has 1 amide bonds. The largest absolute Gasteiger partial charge is 0.340 e. The van der Waals surface area contributed by atoms with Crippen LogP contribution in [-0.2, 0) is 21.2 Å². The van der Waals surface area contributed by atoms with E-state index in [1.54, 1.807) is 4.90 Å². The number of nitro benzene ring substituents is 1. The number of hydrogen-bond acceptors (Lipinski definition) is 5. The minimum Gasteiger partial charge on any atom is -0.340 e. The zero-order chi connectivity index (χ0) is 20.3. The van der Waals surface area contributed by atoms with Crippen LogP contribution in [0.4, 0.5) is 5.69 Å². The molecule has 8 nitrogen and oxygen atoms in total. The predicted molar refractivity (Wildman–Crippen MR) is 103 cm³/mol. The Morgan fingerprint density at radius 2 is 1.64 bits per heavy atom. The Kier molecular flexibility index (Phi) is 5.76. The van der Waals surface area contributed by atoms with Gasteiger partial charge >= 0.3 is 0 Å². The summed E-state index contributed by atoms with van der Waals surface area (Å²) in [7, 11) is -3.75. The van der Waals surface area contributed by atoms with Crippen LogP contribution in [0.25, 0.3) is 0 Å². The van der Waals surface area contributed by atoms with E-state index in [2.05, 4.69) is 0 Å². The van der Waals surface area contributed by atoms with Gasteiger partial charge in [0.15, 0.2) is 0 Å². The molecule has 0 aromatic heterocycles. The highest BCUT2D eigenvalue weighted by Gasteiger charge is 2.30. The first-order valence-electron chi connectivity index (χ1n) is 8.86. The molecule has 1 aliphatic rings. The smallest absolute Gasteiger partial charge is 0.269 e. The zero-order valence-electron chi connectivity index (χ0n) is 15.4. The SMILES string of the molecule is Cc1ccccc1CC(=O)N1CCN(S(=O)(=O)c2ccc([N+](=O)[O-])cc2)CC1. The average Bonchev–Trinajstić information content (AvgIpc) is 2.70. The Hall–Kier alpha value is -2.78. The van der Waals surface area contributed by atoms with E-state index >= 15 is 0 Å². The number of amides is 1. The molecule has 3 rings (SSSR count). The van der Waals surface area contributed by atoms with Gasteiger partial charge in [0, 0.05) is 38.3 Å². The van der Waals surface area contributed by atoms with Crippen LogP contribution in [0.2, 0.25) is 0 Å². The van der Waals surface area contributed by atoms with E-state index < -0.39 is 14.9 Å². The molecule has 148 valence electrons. The second-order valence-electron chi connectivity index (χ2n) is 6.64. The number of non-ortho nitro benzene ring substituents is 1. The Morgan fingerprint density at radius 1 is 1.04 bits per heavy atom. The minimum atomic E-state index is -3.75. The molecule has 1 aliphatic heterocycles. The fourth-order valence-corrected chi connectivity index (χ4v) is 4.57. The Balaban J connectivity index is 1.63. The van der Waals surface area contributed by atoms with Gasteiger partial charge in [-0.3, -0.25) is 14.9 Å². The van der Waals surface area contributed by atoms with Crippen molar-refractivity contribution in [2.45, 2.75) is 18.2 Å². The van der Waals surface area contributed by atoms with Crippen LogP contribution in [0.15, 0.2) is 53.4 Å². The molecule has 1 heterocycles. The Morgan fingerprint density at radius 3 is 2.21 bits per heavy atom. The molecule has 9 heteroatoms. The summed E-state index contributed by atoms with van der Waals surface area (Å²) in [6, 6.07) is 12.5. The van der Waals surface area contributed by atoms with Gasteiger partial charge in [0.2, 0.25) is 15.9 Å². The molecule has 0 unspecified atom stereocenters. The van der Waals surface area contributed by atoms with Crippen LogP contribution in [0.3, 0.4) is 0 Å². The van der Waals surface area contributed by atoms with Crippen molar-refractivity contribution in [2.24, 2.45) is 0 Å². The van der Waals surface area contributed by atoms with Gasteiger partial charge in [0.1, 0.15) is 0 Å². The molecule has 0 radical (unpaired) electrons. The monoisotopic (exact) mass is 403 g/mol. The number of carbonyl (C=O) groups excluding carboxylic acids is 1. The highest BCUT2D eigenvalue weighted by atomic mass is 32.2. The van der Waals surface area contributed by atoms with Crippen molar-refractivity contribution in [3.8, 4) is 0 Å². The number of aryl methyl sites for hydroxylation is 1. The van der Waals surface area contributed by atoms with Gasteiger partial charge in [-0.15, -0.1) is 0 Å². The second-order valence-corrected chi connectivity index (χ2v) is 8.58. The highest BCUT2D eigenvalue weighted by Crippen LogP contribution is 2.21. The van der Waals surface area contributed by atoms with Crippen molar-refractivity contribution < 1.29 is 18.1 Å². The van der Waals surface area contributed by atoms with Crippen LogP contribution >= 0.6 is 0 Å². The van der Waals surface area contributed by atoms with E-state index in [1.807, 2.05) is 31.2 Å². The summed E-state index contributed by atoms with van der Waals surface area (Å²) >= 11 is 0. The normalized spacial score (nSPS) is 15.4. The summed E-state index contributed by atoms with van der Waals surface area (Å²) in [6.07, 6.45) is 0.293. The van der Waals surface area contributed by atoms with E-state index in [9.17, 15) is 23.3 Å². The van der Waals surface area contributed by atoms with Crippen molar-refractivity contribution in [1.82, 2.24) is 9.21 Å². The standard InChI is InChI=1S/C19H21N3O5S/c1-15-4-2-3-5-16(15)14-19(23)20-10-12-21(13-11-20)28(26,27)18-8-6-17(7-9-18)22(24)25/h2-9H,10-14H2,1H3. The van der Waals surface area contributed by atoms with E-state index in [1.165, 1.54) is 28.6 Å². The number of nitrogens with zero attached hydrogens (tertiary/aromatic N) is 3. The summed E-state index contributed by atoms with van der Waals surface area (Å²) in [5.74, 6) is -0.0262. The minimum absolute atomic E-state index is 0.0118. The third-order valence-corrected chi connectivity index (χ3v) is 6.79. The molecule has 2 aromatic carbocycles. The maximum Gasteiger partial charge on any atom is 0.269 e. The number of carbonyl (C=O) groups is 1. The molecule has 0 atom stereocenters. The fourth-order valence-electron chi connectivity index (χ4n) is 3.15. The lowest BCUT2D eigenvalue weighted by molar-refractivity contribution is -0.384. The van der Waals surface area contributed by atoms with E-state index in [0.717, 1.165) is 11.1 Å². The molecule has 1 fully saturated rings. The zero-order valence-corrected chi connectivity index (χ0v) is 16.3. The molecule has 28 heavy (non-hydrogen) atoms. The first-order valence-corrected chi connectivity index (χ1v) is 10.3. The van der Waals surface area contributed by atoms with Crippen LogP contribution < -0.4 is 0 Å². The van der Waals surface area contributed by atoms with Crippen LogP contribution in [0.1, 0.15) is 11.1 Å². The van der Waals surface area contributed by atoms with Crippen LogP contribution in [0, 0.1) is 17.0 Å². The molecular weight excluding hydrogens is 382 g/mol. The van der Waals surface area contributed by atoms with Gasteiger partial charge in [-0.25, -0.2) is 8.42 Å². The second kappa shape index (κ2) is 8.07. The van der Waals surface area contributed by atoms with Crippen molar-refractivity contribution in [3.05, 3.63) is 69.8 Å². The number of hydrogen-bond donors (Lipinski definition) is 0. The summed E-state index contributed by atoms with van der Waals surface area (Å²) in [5, 5.41) is 10.7. The van der Waals surface area contributed by atoms with Crippen molar-refractivity contribution in [1.29, 1.82) is 0 Å². The molecule has 0 N–H and O–H groups in total. The van der Waals surface area contributed by atoms with Gasteiger partial charge in [-0.2, -0.15) is 4.31 Å². The maximum absolute atomic E-state index is 12.7. The molecular formula is C19H21N3O5S. The summed E-state index contributed by atoms with van der Waals surface area (Å²) in [5.41, 5.74) is 1.86. The Bertz CT molecular complexity index is 981. The molecule has 0 spiro atoms. The van der Waals surface area contributed by atoms with Crippen LogP contribution in [0.5, 0.6) is 0 Å². The van der Waals surface area contributed by atoms with Gasteiger partial charge in [0.05, 0.1) is 16.2 Å². The third kappa shape index (κ3) is 4.20. The number of benzene rings is 2.